The van der Waals surface area contributed by atoms with Crippen molar-refractivity contribution < 1.29 is 24.2 Å². The van der Waals surface area contributed by atoms with Crippen molar-refractivity contribution >= 4 is 18.0 Å². The van der Waals surface area contributed by atoms with Crippen LogP contribution in [0.2, 0.25) is 0 Å². The SMILES string of the molecule is CC(C)(C)OC(=O)N1CCN(C(=O)c2c(-c3ccccc3)c(-c3ccccc3)nn2CC(=O)O)[C@H](Cc2ccccc2)C1. The van der Waals surface area contributed by atoms with Gasteiger partial charge in [-0.15, -0.1) is 0 Å². The molecule has 9 heteroatoms. The number of ether oxygens (including phenoxy) is 1. The van der Waals surface area contributed by atoms with Crippen molar-refractivity contribution in [2.24, 2.45) is 0 Å². The highest BCUT2D eigenvalue weighted by molar-refractivity contribution is 6.03. The Hall–Kier alpha value is -4.92. The minimum Gasteiger partial charge on any atom is -0.480 e. The number of carboxylic acids is 1. The van der Waals surface area contributed by atoms with E-state index in [1.54, 1.807) is 9.80 Å². The highest BCUT2D eigenvalue weighted by Crippen LogP contribution is 2.36. The second-order valence-electron chi connectivity index (χ2n) is 11.6. The van der Waals surface area contributed by atoms with Crippen LogP contribution in [0.15, 0.2) is 91.0 Å². The van der Waals surface area contributed by atoms with Crippen molar-refractivity contribution in [3.8, 4) is 22.4 Å². The molecule has 0 unspecified atom stereocenters. The molecule has 2 amide bonds. The minimum absolute atomic E-state index is 0.205. The summed E-state index contributed by atoms with van der Waals surface area (Å²) in [5.74, 6) is -1.44. The van der Waals surface area contributed by atoms with Crippen LogP contribution in [0.4, 0.5) is 4.79 Å². The van der Waals surface area contributed by atoms with E-state index in [1.807, 2.05) is 112 Å². The number of piperazine rings is 1. The molecule has 1 aliphatic rings. The van der Waals surface area contributed by atoms with Crippen molar-refractivity contribution in [1.82, 2.24) is 19.6 Å². The monoisotopic (exact) mass is 580 g/mol. The Morgan fingerprint density at radius 2 is 1.44 bits per heavy atom. The maximum atomic E-state index is 14.7. The molecule has 0 radical (unpaired) electrons. The van der Waals surface area contributed by atoms with E-state index in [9.17, 15) is 19.5 Å². The van der Waals surface area contributed by atoms with Crippen molar-refractivity contribution in [2.75, 3.05) is 19.6 Å². The number of carbonyl (C=O) groups is 3. The Balaban J connectivity index is 1.60. The quantitative estimate of drug-likeness (QED) is 0.305. The summed E-state index contributed by atoms with van der Waals surface area (Å²) in [5.41, 5.74) is 3.21. The summed E-state index contributed by atoms with van der Waals surface area (Å²) in [7, 11) is 0. The summed E-state index contributed by atoms with van der Waals surface area (Å²) < 4.78 is 6.95. The number of aliphatic carboxylic acids is 1. The molecule has 1 saturated heterocycles. The Kier molecular flexibility index (Phi) is 8.61. The summed E-state index contributed by atoms with van der Waals surface area (Å²) in [6, 6.07) is 28.3. The predicted molar refractivity (Wildman–Crippen MR) is 164 cm³/mol. The molecule has 5 rings (SSSR count). The highest BCUT2D eigenvalue weighted by atomic mass is 16.6. The van der Waals surface area contributed by atoms with Crippen LogP contribution in [0.3, 0.4) is 0 Å². The average molecular weight is 581 g/mol. The lowest BCUT2D eigenvalue weighted by Crippen LogP contribution is -2.58. The van der Waals surface area contributed by atoms with E-state index < -0.39 is 24.2 Å². The molecular weight excluding hydrogens is 544 g/mol. The number of hydrogen-bond donors (Lipinski definition) is 1. The first-order valence-corrected chi connectivity index (χ1v) is 14.4. The lowest BCUT2D eigenvalue weighted by atomic mass is 9.97. The second kappa shape index (κ2) is 12.5. The van der Waals surface area contributed by atoms with Gasteiger partial charge in [-0.05, 0) is 38.3 Å². The maximum absolute atomic E-state index is 14.7. The number of carbonyl (C=O) groups excluding carboxylic acids is 2. The lowest BCUT2D eigenvalue weighted by molar-refractivity contribution is -0.137. The van der Waals surface area contributed by atoms with Gasteiger partial charge in [0.2, 0.25) is 0 Å². The number of carboxylic acid groups (broad SMARTS) is 1. The maximum Gasteiger partial charge on any atom is 0.410 e. The molecule has 1 N–H and O–H groups in total. The molecule has 222 valence electrons. The molecule has 1 aliphatic heterocycles. The van der Waals surface area contributed by atoms with Crippen LogP contribution < -0.4 is 0 Å². The Labute approximate surface area is 251 Å². The standard InChI is InChI=1S/C34H36N4O5/c1-34(2,3)43-33(42)36-19-20-37(27(22-36)21-24-13-7-4-8-14-24)32(41)31-29(25-15-9-5-10-16-25)30(26-17-11-6-12-18-26)35-38(31)23-28(39)40/h4-18,27H,19-23H2,1-3H3,(H,39,40)/t27-/m1/s1. The molecule has 43 heavy (non-hydrogen) atoms. The van der Waals surface area contributed by atoms with E-state index in [0.717, 1.165) is 16.7 Å². The largest absolute Gasteiger partial charge is 0.480 e. The van der Waals surface area contributed by atoms with Gasteiger partial charge in [-0.1, -0.05) is 91.0 Å². The number of benzene rings is 3. The van der Waals surface area contributed by atoms with Crippen molar-refractivity contribution in [2.45, 2.75) is 45.4 Å². The van der Waals surface area contributed by atoms with E-state index in [1.165, 1.54) is 4.68 Å². The normalized spacial score (nSPS) is 15.3. The van der Waals surface area contributed by atoms with Crippen LogP contribution in [-0.2, 0) is 22.5 Å². The fraction of sp³-hybridized carbons (Fsp3) is 0.294. The first-order valence-electron chi connectivity index (χ1n) is 14.4. The molecule has 1 aromatic heterocycles. The number of amides is 2. The Bertz CT molecular complexity index is 1580. The lowest BCUT2D eigenvalue weighted by Gasteiger charge is -2.42. The Morgan fingerprint density at radius 3 is 2.02 bits per heavy atom. The van der Waals surface area contributed by atoms with Gasteiger partial charge in [-0.25, -0.2) is 9.48 Å². The third kappa shape index (κ3) is 6.94. The second-order valence-corrected chi connectivity index (χ2v) is 11.6. The number of aromatic nitrogens is 2. The zero-order chi connectivity index (χ0) is 30.6. The third-order valence-electron chi connectivity index (χ3n) is 7.26. The van der Waals surface area contributed by atoms with Crippen LogP contribution >= 0.6 is 0 Å². The minimum atomic E-state index is -1.11. The van der Waals surface area contributed by atoms with Gasteiger partial charge in [0.1, 0.15) is 23.5 Å². The van der Waals surface area contributed by atoms with E-state index in [-0.39, 0.29) is 37.3 Å². The molecule has 0 spiro atoms. The van der Waals surface area contributed by atoms with Crippen LogP contribution in [0.1, 0.15) is 36.8 Å². The van der Waals surface area contributed by atoms with Crippen LogP contribution in [-0.4, -0.2) is 73.9 Å². The highest BCUT2D eigenvalue weighted by Gasteiger charge is 2.38. The average Bonchev–Trinajstić information content (AvgIpc) is 3.35. The predicted octanol–water partition coefficient (Wildman–Crippen LogP) is 5.61. The topological polar surface area (TPSA) is 105 Å². The fourth-order valence-electron chi connectivity index (χ4n) is 5.41. The molecule has 9 nitrogen and oxygen atoms in total. The first-order chi connectivity index (χ1) is 20.6. The van der Waals surface area contributed by atoms with Crippen LogP contribution in [0.25, 0.3) is 22.4 Å². The van der Waals surface area contributed by atoms with E-state index in [2.05, 4.69) is 0 Å². The Morgan fingerprint density at radius 1 is 0.860 bits per heavy atom. The van der Waals surface area contributed by atoms with Crippen LogP contribution in [0, 0.1) is 0 Å². The molecule has 0 saturated carbocycles. The number of nitrogens with zero attached hydrogens (tertiary/aromatic N) is 4. The number of hydrogen-bond acceptors (Lipinski definition) is 5. The molecule has 1 fully saturated rings. The zero-order valence-corrected chi connectivity index (χ0v) is 24.6. The molecule has 0 bridgehead atoms. The van der Waals surface area contributed by atoms with Gasteiger partial charge >= 0.3 is 12.1 Å². The number of rotatable bonds is 7. The summed E-state index contributed by atoms with van der Waals surface area (Å²) in [6.07, 6.45) is 0.0791. The van der Waals surface area contributed by atoms with Gasteiger partial charge in [0.25, 0.3) is 5.91 Å². The third-order valence-corrected chi connectivity index (χ3v) is 7.26. The van der Waals surface area contributed by atoms with Gasteiger partial charge in [-0.3, -0.25) is 9.59 Å². The van der Waals surface area contributed by atoms with Crippen molar-refractivity contribution in [3.63, 3.8) is 0 Å². The molecule has 0 aliphatic carbocycles. The molecule has 1 atom stereocenters. The molecule has 3 aromatic carbocycles. The zero-order valence-electron chi connectivity index (χ0n) is 24.6. The molecule has 2 heterocycles. The van der Waals surface area contributed by atoms with Gasteiger partial charge in [0, 0.05) is 30.8 Å². The van der Waals surface area contributed by atoms with Gasteiger partial charge < -0.3 is 19.6 Å². The van der Waals surface area contributed by atoms with Crippen molar-refractivity contribution in [3.05, 3.63) is 102 Å². The smallest absolute Gasteiger partial charge is 0.410 e. The summed E-state index contributed by atoms with van der Waals surface area (Å²) in [5, 5.41) is 14.5. The van der Waals surface area contributed by atoms with Gasteiger partial charge in [0.05, 0.1) is 6.04 Å². The van der Waals surface area contributed by atoms with Gasteiger partial charge in [-0.2, -0.15) is 5.10 Å². The molecule has 4 aromatic rings. The van der Waals surface area contributed by atoms with Crippen molar-refractivity contribution in [1.29, 1.82) is 0 Å². The van der Waals surface area contributed by atoms with E-state index in [0.29, 0.717) is 17.7 Å². The van der Waals surface area contributed by atoms with E-state index in [4.69, 9.17) is 9.84 Å². The van der Waals surface area contributed by atoms with Crippen LogP contribution in [0.5, 0.6) is 0 Å². The first kappa shape index (κ1) is 29.6. The summed E-state index contributed by atoms with van der Waals surface area (Å²) >= 11 is 0. The summed E-state index contributed by atoms with van der Waals surface area (Å²) in [6.45, 7) is 5.80. The molecular formula is C34H36N4O5. The fourth-order valence-corrected chi connectivity index (χ4v) is 5.41. The van der Waals surface area contributed by atoms with Gasteiger partial charge in [0.15, 0.2) is 0 Å². The summed E-state index contributed by atoms with van der Waals surface area (Å²) in [4.78, 5) is 43.1. The van der Waals surface area contributed by atoms with E-state index >= 15 is 0 Å².